The number of amides is 1. The van der Waals surface area contributed by atoms with Gasteiger partial charge in [0.25, 0.3) is 5.91 Å². The van der Waals surface area contributed by atoms with Gasteiger partial charge < -0.3 is 15.6 Å². The molecule has 0 saturated heterocycles. The minimum atomic E-state index is -0.388. The predicted octanol–water partition coefficient (Wildman–Crippen LogP) is 0.211. The molecule has 0 aliphatic rings. The van der Waals surface area contributed by atoms with Crippen LogP contribution in [0.1, 0.15) is 30.1 Å². The molecule has 1 rings (SSSR count). The molecule has 1 atom stereocenters. The van der Waals surface area contributed by atoms with Crippen molar-refractivity contribution in [1.82, 2.24) is 5.32 Å². The number of rotatable bonds is 5. The summed E-state index contributed by atoms with van der Waals surface area (Å²) < 4.78 is 0.579. The van der Waals surface area contributed by atoms with E-state index in [4.69, 9.17) is 0 Å². The summed E-state index contributed by atoms with van der Waals surface area (Å²) in [6.45, 7) is 2.28. The van der Waals surface area contributed by atoms with Gasteiger partial charge in [-0.1, -0.05) is 6.92 Å². The molecule has 1 unspecified atom stereocenters. The van der Waals surface area contributed by atoms with E-state index >= 15 is 0 Å². The van der Waals surface area contributed by atoms with Crippen molar-refractivity contribution in [1.29, 1.82) is 0 Å². The molecule has 0 aromatic carbocycles. The summed E-state index contributed by atoms with van der Waals surface area (Å²) in [4.78, 5) is 11.5. The van der Waals surface area contributed by atoms with Crippen LogP contribution in [0.15, 0.2) is 24.5 Å². The molecule has 0 aliphatic carbocycles. The molecule has 16 heavy (non-hydrogen) atoms. The van der Waals surface area contributed by atoms with Crippen molar-refractivity contribution >= 4 is 5.91 Å². The first kappa shape index (κ1) is 12.4. The van der Waals surface area contributed by atoms with E-state index in [2.05, 4.69) is 5.32 Å². The summed E-state index contributed by atoms with van der Waals surface area (Å²) in [6.07, 6.45) is 3.33. The monoisotopic (exact) mass is 224 g/mol. The van der Waals surface area contributed by atoms with E-state index in [1.165, 1.54) is 18.5 Å². The van der Waals surface area contributed by atoms with Crippen molar-refractivity contribution < 1.29 is 14.6 Å². The average molecular weight is 224 g/mol. The number of nitrogens with one attached hydrogen (secondary N) is 1. The lowest BCUT2D eigenvalue weighted by Gasteiger charge is -2.08. The van der Waals surface area contributed by atoms with Gasteiger partial charge in [0.15, 0.2) is 12.4 Å². The molecule has 1 amide bonds. The topological polar surface area (TPSA) is 76.3 Å². The van der Waals surface area contributed by atoms with E-state index in [9.17, 15) is 15.1 Å². The Bertz CT molecular complexity index is 355. The number of pyridine rings is 1. The van der Waals surface area contributed by atoms with Gasteiger partial charge in [-0.15, -0.1) is 0 Å². The molecule has 0 fully saturated rings. The highest BCUT2D eigenvalue weighted by Gasteiger charge is 2.08. The molecule has 1 aromatic heterocycles. The van der Waals surface area contributed by atoms with Crippen LogP contribution in [0.3, 0.4) is 0 Å². The van der Waals surface area contributed by atoms with E-state index in [1.54, 1.807) is 6.07 Å². The first-order valence-corrected chi connectivity index (χ1v) is 5.28. The second-order valence-corrected chi connectivity index (χ2v) is 3.56. The van der Waals surface area contributed by atoms with Crippen LogP contribution in [0.2, 0.25) is 0 Å². The number of carbonyl (C=O) groups is 1. The van der Waals surface area contributed by atoms with Crippen molar-refractivity contribution in [2.24, 2.45) is 0 Å². The minimum absolute atomic E-state index is 0.298. The van der Waals surface area contributed by atoms with Gasteiger partial charge in [0.05, 0.1) is 6.10 Å². The van der Waals surface area contributed by atoms with Crippen molar-refractivity contribution in [2.75, 3.05) is 6.54 Å². The molecular weight excluding hydrogens is 208 g/mol. The molecule has 0 spiro atoms. The third-order valence-corrected chi connectivity index (χ3v) is 2.27. The molecule has 5 nitrogen and oxygen atoms in total. The third kappa shape index (κ3) is 3.86. The van der Waals surface area contributed by atoms with Gasteiger partial charge in [-0.05, 0) is 18.9 Å². The Balaban J connectivity index is 2.41. The van der Waals surface area contributed by atoms with Crippen LogP contribution >= 0.6 is 0 Å². The van der Waals surface area contributed by atoms with Crippen LogP contribution < -0.4 is 10.0 Å². The number of carbonyl (C=O) groups excluding carboxylic acids is 1. The normalized spacial score (nSPS) is 12.1. The highest BCUT2D eigenvalue weighted by molar-refractivity contribution is 5.93. The summed E-state index contributed by atoms with van der Waals surface area (Å²) in [5.74, 6) is -0.298. The lowest BCUT2D eigenvalue weighted by atomic mass is 10.2. The maximum atomic E-state index is 11.5. The van der Waals surface area contributed by atoms with Crippen molar-refractivity contribution in [2.45, 2.75) is 25.9 Å². The van der Waals surface area contributed by atoms with E-state index < -0.39 is 0 Å². The van der Waals surface area contributed by atoms with Crippen molar-refractivity contribution in [3.63, 3.8) is 0 Å². The molecule has 2 N–H and O–H groups in total. The first-order chi connectivity index (χ1) is 7.63. The fourth-order valence-electron chi connectivity index (χ4n) is 1.25. The summed E-state index contributed by atoms with van der Waals surface area (Å²) in [6, 6.07) is 3.09. The number of hydrogen-bond acceptors (Lipinski definition) is 3. The summed E-state index contributed by atoms with van der Waals surface area (Å²) in [7, 11) is 0. The smallest absolute Gasteiger partial charge is 0.257 e. The lowest BCUT2D eigenvalue weighted by molar-refractivity contribution is -0.605. The maximum Gasteiger partial charge on any atom is 0.257 e. The molecule has 5 heteroatoms. The van der Waals surface area contributed by atoms with Gasteiger partial charge in [-0.2, -0.15) is 4.73 Å². The zero-order valence-electron chi connectivity index (χ0n) is 9.22. The zero-order valence-corrected chi connectivity index (χ0v) is 9.22. The lowest BCUT2D eigenvalue weighted by Crippen LogP contribution is -2.31. The van der Waals surface area contributed by atoms with E-state index in [1.807, 2.05) is 6.92 Å². The second-order valence-electron chi connectivity index (χ2n) is 3.56. The molecule has 88 valence electrons. The predicted molar refractivity (Wildman–Crippen MR) is 58.7 cm³/mol. The highest BCUT2D eigenvalue weighted by atomic mass is 16.5. The molecule has 0 radical (unpaired) electrons. The molecule has 0 aliphatic heterocycles. The fourth-order valence-corrected chi connectivity index (χ4v) is 1.25. The quantitative estimate of drug-likeness (QED) is 0.554. The summed E-state index contributed by atoms with van der Waals surface area (Å²) >= 11 is 0. The Kier molecular flexibility index (Phi) is 4.72. The molecule has 0 bridgehead atoms. The summed E-state index contributed by atoms with van der Waals surface area (Å²) in [5.41, 5.74) is 0.323. The number of aromatic nitrogens is 1. The van der Waals surface area contributed by atoms with Crippen molar-refractivity contribution in [3.05, 3.63) is 35.3 Å². The van der Waals surface area contributed by atoms with Crippen LogP contribution in [0.5, 0.6) is 0 Å². The van der Waals surface area contributed by atoms with Crippen LogP contribution in [-0.4, -0.2) is 23.7 Å². The van der Waals surface area contributed by atoms with Crippen LogP contribution in [0.4, 0.5) is 0 Å². The van der Waals surface area contributed by atoms with Gasteiger partial charge in [0.2, 0.25) is 0 Å². The zero-order chi connectivity index (χ0) is 12.0. The Labute approximate surface area is 94.3 Å². The van der Waals surface area contributed by atoms with Gasteiger partial charge in [0.1, 0.15) is 5.56 Å². The summed E-state index contributed by atoms with van der Waals surface area (Å²) in [5, 5.41) is 22.8. The molecule has 1 aromatic rings. The highest BCUT2D eigenvalue weighted by Crippen LogP contribution is 1.97. The van der Waals surface area contributed by atoms with E-state index in [-0.39, 0.29) is 12.0 Å². The van der Waals surface area contributed by atoms with Crippen molar-refractivity contribution in [3.8, 4) is 0 Å². The Morgan fingerprint density at radius 3 is 3.06 bits per heavy atom. The molecular formula is C11H16N2O3. The number of hydrogen-bond donors (Lipinski definition) is 2. The van der Waals surface area contributed by atoms with Gasteiger partial charge in [0, 0.05) is 12.6 Å². The Hall–Kier alpha value is -1.62. The van der Waals surface area contributed by atoms with Crippen LogP contribution in [-0.2, 0) is 0 Å². The average Bonchev–Trinajstić information content (AvgIpc) is 2.28. The second kappa shape index (κ2) is 6.07. The largest absolute Gasteiger partial charge is 0.619 e. The van der Waals surface area contributed by atoms with Gasteiger partial charge >= 0.3 is 0 Å². The van der Waals surface area contributed by atoms with E-state index in [0.29, 0.717) is 29.7 Å². The Morgan fingerprint density at radius 2 is 2.44 bits per heavy atom. The maximum absolute atomic E-state index is 11.5. The SMILES string of the molecule is CCC(O)CCNC(=O)c1ccc[n+]([O-])c1. The molecule has 1 heterocycles. The van der Waals surface area contributed by atoms with Gasteiger partial charge in [-0.3, -0.25) is 4.79 Å². The Morgan fingerprint density at radius 1 is 1.69 bits per heavy atom. The van der Waals surface area contributed by atoms with Crippen LogP contribution in [0.25, 0.3) is 0 Å². The number of aliphatic hydroxyl groups excluding tert-OH is 1. The fraction of sp³-hybridized carbons (Fsp3) is 0.455. The third-order valence-electron chi connectivity index (χ3n) is 2.27. The standard InChI is InChI=1S/C11H16N2O3/c1-2-10(14)5-6-12-11(15)9-4-3-7-13(16)8-9/h3-4,7-8,10,14H,2,5-6H2,1H3,(H,12,15). The number of aliphatic hydroxyl groups is 1. The van der Waals surface area contributed by atoms with Gasteiger partial charge in [-0.25, -0.2) is 0 Å². The van der Waals surface area contributed by atoms with E-state index in [0.717, 1.165) is 0 Å². The minimum Gasteiger partial charge on any atom is -0.619 e. The number of nitrogens with zero attached hydrogens (tertiary/aromatic N) is 1. The first-order valence-electron chi connectivity index (χ1n) is 5.28. The van der Waals surface area contributed by atoms with Crippen LogP contribution in [0, 0.1) is 5.21 Å². The molecule has 0 saturated carbocycles.